The van der Waals surface area contributed by atoms with Crippen molar-refractivity contribution >= 4 is 16.1 Å². The topological polar surface area (TPSA) is 80.7 Å². The lowest BCUT2D eigenvalue weighted by atomic mass is 10.2. The molecule has 0 saturated heterocycles. The van der Waals surface area contributed by atoms with E-state index in [2.05, 4.69) is 4.18 Å². The summed E-state index contributed by atoms with van der Waals surface area (Å²) in [4.78, 5) is 10.6. The maximum atomic E-state index is 11.7. The van der Waals surface area contributed by atoms with Crippen molar-refractivity contribution in [3.63, 3.8) is 0 Å². The zero-order valence-corrected chi connectivity index (χ0v) is 10.4. The predicted molar refractivity (Wildman–Crippen MR) is 61.1 cm³/mol. The summed E-state index contributed by atoms with van der Waals surface area (Å²) in [5.74, 6) is -1.96. The summed E-state index contributed by atoms with van der Waals surface area (Å²) in [6, 6.07) is 6.15. The van der Waals surface area contributed by atoms with E-state index >= 15 is 0 Å². The maximum Gasteiger partial charge on any atom is 0.308 e. The first-order valence-corrected chi connectivity index (χ1v) is 6.42. The lowest BCUT2D eigenvalue weighted by molar-refractivity contribution is -0.141. The molecule has 0 saturated carbocycles. The molecule has 0 spiro atoms. The molecule has 0 aliphatic heterocycles. The molecule has 5 nitrogen and oxygen atoms in total. The number of rotatable bonds is 5. The molecule has 6 heteroatoms. The molecule has 0 aliphatic carbocycles. The molecule has 94 valence electrons. The summed E-state index contributed by atoms with van der Waals surface area (Å²) in [7, 11) is -3.87. The van der Waals surface area contributed by atoms with E-state index < -0.39 is 22.0 Å². The highest BCUT2D eigenvalue weighted by atomic mass is 32.2. The molecule has 0 radical (unpaired) electrons. The van der Waals surface area contributed by atoms with Crippen LogP contribution >= 0.6 is 0 Å². The van der Waals surface area contributed by atoms with Crippen LogP contribution in [0.4, 0.5) is 0 Å². The first-order valence-electron chi connectivity index (χ1n) is 5.02. The number of aliphatic carboxylic acids is 1. The first kappa shape index (κ1) is 13.7. The van der Waals surface area contributed by atoms with E-state index in [1.165, 1.54) is 19.1 Å². The number of hydrogen-bond acceptors (Lipinski definition) is 4. The van der Waals surface area contributed by atoms with Crippen LogP contribution in [0.1, 0.15) is 12.5 Å². The first-order chi connectivity index (χ1) is 7.83. The van der Waals surface area contributed by atoms with Gasteiger partial charge in [0, 0.05) is 0 Å². The minimum absolute atomic E-state index is 0.0284. The van der Waals surface area contributed by atoms with Crippen molar-refractivity contribution in [1.29, 1.82) is 0 Å². The molecular weight excluding hydrogens is 244 g/mol. The highest BCUT2D eigenvalue weighted by molar-refractivity contribution is 7.86. The second-order valence-electron chi connectivity index (χ2n) is 3.79. The van der Waals surface area contributed by atoms with Gasteiger partial charge in [0.05, 0.1) is 17.4 Å². The Hall–Kier alpha value is -1.40. The van der Waals surface area contributed by atoms with Crippen LogP contribution in [0.25, 0.3) is 0 Å². The van der Waals surface area contributed by atoms with Gasteiger partial charge >= 0.3 is 5.97 Å². The summed E-state index contributed by atoms with van der Waals surface area (Å²) in [6.07, 6.45) is 0. The molecule has 1 unspecified atom stereocenters. The molecule has 0 amide bonds. The van der Waals surface area contributed by atoms with Gasteiger partial charge in [-0.3, -0.25) is 8.98 Å². The van der Waals surface area contributed by atoms with Gasteiger partial charge in [-0.25, -0.2) is 0 Å². The van der Waals surface area contributed by atoms with Gasteiger partial charge in [0.1, 0.15) is 0 Å². The van der Waals surface area contributed by atoms with Crippen molar-refractivity contribution < 1.29 is 22.5 Å². The molecule has 1 N–H and O–H groups in total. The van der Waals surface area contributed by atoms with Gasteiger partial charge in [0.25, 0.3) is 10.1 Å². The van der Waals surface area contributed by atoms with Crippen LogP contribution < -0.4 is 0 Å². The Kier molecular flexibility index (Phi) is 4.25. The van der Waals surface area contributed by atoms with Crippen LogP contribution in [0.2, 0.25) is 0 Å². The minimum Gasteiger partial charge on any atom is -0.481 e. The Morgan fingerprint density at radius 1 is 1.35 bits per heavy atom. The molecule has 1 atom stereocenters. The standard InChI is InChI=1S/C11H14O5S/c1-8-3-5-10(6-4-8)17(14,15)16-7-9(2)11(12)13/h3-6,9H,7H2,1-2H3,(H,12,13). The van der Waals surface area contributed by atoms with Crippen molar-refractivity contribution in [2.24, 2.45) is 5.92 Å². The van der Waals surface area contributed by atoms with E-state index in [0.29, 0.717) is 0 Å². The number of carboxylic acids is 1. The Morgan fingerprint density at radius 3 is 2.35 bits per heavy atom. The van der Waals surface area contributed by atoms with Crippen molar-refractivity contribution in [2.45, 2.75) is 18.7 Å². The van der Waals surface area contributed by atoms with E-state index in [1.807, 2.05) is 6.92 Å². The van der Waals surface area contributed by atoms with Crippen LogP contribution in [0.15, 0.2) is 29.2 Å². The maximum absolute atomic E-state index is 11.7. The van der Waals surface area contributed by atoms with Crippen LogP contribution in [-0.4, -0.2) is 26.1 Å². The molecule has 0 bridgehead atoms. The zero-order chi connectivity index (χ0) is 13.1. The molecule has 0 heterocycles. The fraction of sp³-hybridized carbons (Fsp3) is 0.364. The smallest absolute Gasteiger partial charge is 0.308 e. The molecule has 0 aromatic heterocycles. The number of carbonyl (C=O) groups is 1. The van der Waals surface area contributed by atoms with Crippen LogP contribution in [0.3, 0.4) is 0 Å². The minimum atomic E-state index is -3.87. The van der Waals surface area contributed by atoms with Gasteiger partial charge in [-0.15, -0.1) is 0 Å². The number of aryl methyl sites for hydroxylation is 1. The fourth-order valence-corrected chi connectivity index (χ4v) is 2.02. The summed E-state index contributed by atoms with van der Waals surface area (Å²) in [5.41, 5.74) is 0.933. The third kappa shape index (κ3) is 3.83. The Balaban J connectivity index is 2.76. The molecule has 1 aromatic carbocycles. The Labute approximate surface area is 100 Å². The third-order valence-corrected chi connectivity index (χ3v) is 3.50. The molecule has 1 aromatic rings. The van der Waals surface area contributed by atoms with Gasteiger partial charge < -0.3 is 5.11 Å². The largest absolute Gasteiger partial charge is 0.481 e. The van der Waals surface area contributed by atoms with Crippen LogP contribution in [0.5, 0.6) is 0 Å². The Bertz CT molecular complexity index is 489. The molecule has 17 heavy (non-hydrogen) atoms. The fourth-order valence-electron chi connectivity index (χ4n) is 1.04. The quantitative estimate of drug-likeness (QED) is 0.808. The zero-order valence-electron chi connectivity index (χ0n) is 9.58. The Morgan fingerprint density at radius 2 is 1.88 bits per heavy atom. The highest BCUT2D eigenvalue weighted by Gasteiger charge is 2.19. The normalized spacial score (nSPS) is 13.3. The number of hydrogen-bond donors (Lipinski definition) is 1. The van der Waals surface area contributed by atoms with Gasteiger partial charge in [0.2, 0.25) is 0 Å². The second kappa shape index (κ2) is 5.29. The van der Waals surface area contributed by atoms with Crippen LogP contribution in [0, 0.1) is 12.8 Å². The molecule has 0 aliphatic rings. The molecular formula is C11H14O5S. The molecule has 0 fully saturated rings. The van der Waals surface area contributed by atoms with Gasteiger partial charge in [-0.05, 0) is 26.0 Å². The van der Waals surface area contributed by atoms with Gasteiger partial charge in [-0.2, -0.15) is 8.42 Å². The predicted octanol–water partition coefficient (Wildman–Crippen LogP) is 1.42. The van der Waals surface area contributed by atoms with E-state index in [1.54, 1.807) is 12.1 Å². The van der Waals surface area contributed by atoms with Crippen molar-refractivity contribution in [1.82, 2.24) is 0 Å². The van der Waals surface area contributed by atoms with Crippen molar-refractivity contribution in [2.75, 3.05) is 6.61 Å². The summed E-state index contributed by atoms with van der Waals surface area (Å²) in [5, 5.41) is 8.61. The van der Waals surface area contributed by atoms with Crippen LogP contribution in [-0.2, 0) is 19.1 Å². The lowest BCUT2D eigenvalue weighted by Crippen LogP contribution is -2.19. The van der Waals surface area contributed by atoms with E-state index in [4.69, 9.17) is 5.11 Å². The average molecular weight is 258 g/mol. The van der Waals surface area contributed by atoms with Crippen molar-refractivity contribution in [3.05, 3.63) is 29.8 Å². The van der Waals surface area contributed by atoms with Gasteiger partial charge in [-0.1, -0.05) is 17.7 Å². The monoisotopic (exact) mass is 258 g/mol. The number of benzene rings is 1. The van der Waals surface area contributed by atoms with Crippen molar-refractivity contribution in [3.8, 4) is 0 Å². The SMILES string of the molecule is Cc1ccc(S(=O)(=O)OCC(C)C(=O)O)cc1. The third-order valence-electron chi connectivity index (χ3n) is 2.20. The van der Waals surface area contributed by atoms with Gasteiger partial charge in [0.15, 0.2) is 0 Å². The molecule has 1 rings (SSSR count). The van der Waals surface area contributed by atoms with E-state index in [-0.39, 0.29) is 11.5 Å². The van der Waals surface area contributed by atoms with E-state index in [0.717, 1.165) is 5.56 Å². The average Bonchev–Trinajstić information content (AvgIpc) is 2.26. The summed E-state index contributed by atoms with van der Waals surface area (Å²) >= 11 is 0. The summed E-state index contributed by atoms with van der Waals surface area (Å²) < 4.78 is 28.0. The second-order valence-corrected chi connectivity index (χ2v) is 5.41. The van der Waals surface area contributed by atoms with E-state index in [9.17, 15) is 13.2 Å². The highest BCUT2D eigenvalue weighted by Crippen LogP contribution is 2.14. The lowest BCUT2D eigenvalue weighted by Gasteiger charge is -2.08. The number of carboxylic acid groups (broad SMARTS) is 1. The summed E-state index contributed by atoms with van der Waals surface area (Å²) in [6.45, 7) is 2.85.